The Balaban J connectivity index is 1.72. The topological polar surface area (TPSA) is 26.7 Å². The Morgan fingerprint density at radius 3 is 2.70 bits per heavy atom. The van der Waals surface area contributed by atoms with Gasteiger partial charge in [-0.15, -0.1) is 0 Å². The molecule has 2 aliphatic rings. The third-order valence-corrected chi connectivity index (χ3v) is 5.02. The Kier molecular flexibility index (Phi) is 4.49. The first kappa shape index (κ1) is 14.2. The number of hydrogen-bond donors (Lipinski definition) is 1. The molecule has 0 radical (unpaired) electrons. The largest absolute Gasteiger partial charge is 0.392 e. The molecule has 3 rings (SSSR count). The maximum absolute atomic E-state index is 9.55. The predicted molar refractivity (Wildman–Crippen MR) is 83.4 cm³/mol. The average molecular weight is 295 g/mol. The number of piperidine rings is 1. The Labute approximate surface area is 126 Å². The van der Waals surface area contributed by atoms with E-state index in [0.717, 1.165) is 24.3 Å². The van der Waals surface area contributed by atoms with Crippen molar-refractivity contribution in [3.05, 3.63) is 28.8 Å². The van der Waals surface area contributed by atoms with Crippen LogP contribution in [-0.4, -0.2) is 42.2 Å². The molecule has 2 saturated heterocycles. The number of hydrogen-bond acceptors (Lipinski definition) is 3. The van der Waals surface area contributed by atoms with E-state index in [0.29, 0.717) is 11.1 Å². The maximum Gasteiger partial charge on any atom is 0.0716 e. The van der Waals surface area contributed by atoms with E-state index in [4.69, 9.17) is 11.6 Å². The normalized spacial score (nSPS) is 24.3. The minimum Gasteiger partial charge on any atom is -0.392 e. The second-order valence-corrected chi connectivity index (χ2v) is 6.29. The molecule has 0 bridgehead atoms. The molecule has 0 spiro atoms. The molecule has 3 nitrogen and oxygen atoms in total. The van der Waals surface area contributed by atoms with Crippen molar-refractivity contribution >= 4 is 17.3 Å². The zero-order valence-corrected chi connectivity index (χ0v) is 12.6. The highest BCUT2D eigenvalue weighted by Gasteiger charge is 2.29. The van der Waals surface area contributed by atoms with Crippen molar-refractivity contribution in [3.63, 3.8) is 0 Å². The van der Waals surface area contributed by atoms with E-state index in [2.05, 4.69) is 15.9 Å². The molecule has 4 heteroatoms. The van der Waals surface area contributed by atoms with Crippen molar-refractivity contribution < 1.29 is 5.11 Å². The van der Waals surface area contributed by atoms with Crippen LogP contribution in [-0.2, 0) is 6.61 Å². The quantitative estimate of drug-likeness (QED) is 0.928. The summed E-state index contributed by atoms with van der Waals surface area (Å²) in [5, 5.41) is 10.2. The number of benzene rings is 1. The van der Waals surface area contributed by atoms with Crippen LogP contribution in [0.25, 0.3) is 0 Å². The van der Waals surface area contributed by atoms with Crippen molar-refractivity contribution in [2.45, 2.75) is 38.3 Å². The molecule has 2 heterocycles. The summed E-state index contributed by atoms with van der Waals surface area (Å²) in [4.78, 5) is 5.03. The first-order chi connectivity index (χ1) is 9.79. The number of nitrogens with zero attached hydrogens (tertiary/aromatic N) is 2. The number of likely N-dealkylation sites (tertiary alicyclic amines) is 1. The Hall–Kier alpha value is -0.770. The zero-order valence-electron chi connectivity index (χ0n) is 11.9. The van der Waals surface area contributed by atoms with E-state index in [1.807, 2.05) is 12.1 Å². The van der Waals surface area contributed by atoms with E-state index in [1.165, 1.54) is 38.8 Å². The monoisotopic (exact) mass is 294 g/mol. The van der Waals surface area contributed by atoms with Crippen LogP contribution in [0.15, 0.2) is 18.2 Å². The lowest BCUT2D eigenvalue weighted by Crippen LogP contribution is -2.40. The van der Waals surface area contributed by atoms with Crippen LogP contribution in [0, 0.1) is 0 Å². The minimum atomic E-state index is 0.0138. The summed E-state index contributed by atoms with van der Waals surface area (Å²) in [7, 11) is 0. The predicted octanol–water partition coefficient (Wildman–Crippen LogP) is 2.90. The van der Waals surface area contributed by atoms with Crippen LogP contribution < -0.4 is 4.90 Å². The van der Waals surface area contributed by atoms with Gasteiger partial charge in [0, 0.05) is 35.4 Å². The van der Waals surface area contributed by atoms with Crippen LogP contribution in [0.2, 0.25) is 5.02 Å². The van der Waals surface area contributed by atoms with Gasteiger partial charge in [0.15, 0.2) is 0 Å². The summed E-state index contributed by atoms with van der Waals surface area (Å²) in [5.41, 5.74) is 1.98. The number of anilines is 1. The van der Waals surface area contributed by atoms with Gasteiger partial charge in [-0.2, -0.15) is 0 Å². The van der Waals surface area contributed by atoms with Crippen molar-refractivity contribution in [1.29, 1.82) is 0 Å². The van der Waals surface area contributed by atoms with E-state index in [9.17, 15) is 5.11 Å². The van der Waals surface area contributed by atoms with Gasteiger partial charge >= 0.3 is 0 Å². The summed E-state index contributed by atoms with van der Waals surface area (Å²) in [6.07, 6.45) is 5.29. The third kappa shape index (κ3) is 2.80. The second-order valence-electron chi connectivity index (χ2n) is 5.88. The summed E-state index contributed by atoms with van der Waals surface area (Å²) in [6.45, 7) is 4.64. The standard InChI is InChI=1S/C16H23ClN2O/c17-15-5-4-6-16(14(15)12-20)19-10-7-13(11-19)18-8-2-1-3-9-18/h4-6,13,20H,1-3,7-12H2. The van der Waals surface area contributed by atoms with Gasteiger partial charge in [0.25, 0.3) is 0 Å². The Bertz CT molecular complexity index is 460. The van der Waals surface area contributed by atoms with Gasteiger partial charge in [0.2, 0.25) is 0 Å². The summed E-state index contributed by atoms with van der Waals surface area (Å²) >= 11 is 6.20. The number of halogens is 1. The molecule has 20 heavy (non-hydrogen) atoms. The highest BCUT2D eigenvalue weighted by atomic mass is 35.5. The molecule has 0 saturated carbocycles. The van der Waals surface area contributed by atoms with Gasteiger partial charge in [-0.3, -0.25) is 4.90 Å². The van der Waals surface area contributed by atoms with Gasteiger partial charge < -0.3 is 10.0 Å². The van der Waals surface area contributed by atoms with Crippen molar-refractivity contribution in [2.75, 3.05) is 31.1 Å². The van der Waals surface area contributed by atoms with Gasteiger partial charge in [0.05, 0.1) is 6.61 Å². The average Bonchev–Trinajstić information content (AvgIpc) is 2.97. The van der Waals surface area contributed by atoms with E-state index < -0.39 is 0 Å². The summed E-state index contributed by atoms with van der Waals surface area (Å²) in [6, 6.07) is 6.58. The molecule has 0 amide bonds. The first-order valence-electron chi connectivity index (χ1n) is 7.67. The van der Waals surface area contributed by atoms with Gasteiger partial charge in [-0.05, 0) is 44.5 Å². The van der Waals surface area contributed by atoms with Crippen molar-refractivity contribution in [3.8, 4) is 0 Å². The van der Waals surface area contributed by atoms with Crippen molar-refractivity contribution in [1.82, 2.24) is 4.90 Å². The molecule has 0 aliphatic carbocycles. The van der Waals surface area contributed by atoms with Gasteiger partial charge in [-0.1, -0.05) is 24.1 Å². The van der Waals surface area contributed by atoms with Crippen LogP contribution in [0.4, 0.5) is 5.69 Å². The molecular formula is C16H23ClN2O. The first-order valence-corrected chi connectivity index (χ1v) is 8.04. The molecule has 110 valence electrons. The van der Waals surface area contributed by atoms with Gasteiger partial charge in [0.1, 0.15) is 0 Å². The van der Waals surface area contributed by atoms with E-state index in [1.54, 1.807) is 0 Å². The van der Waals surface area contributed by atoms with E-state index in [-0.39, 0.29) is 6.61 Å². The molecule has 2 fully saturated rings. The van der Waals surface area contributed by atoms with Gasteiger partial charge in [-0.25, -0.2) is 0 Å². The molecule has 1 unspecified atom stereocenters. The molecule has 1 aromatic carbocycles. The fourth-order valence-electron chi connectivity index (χ4n) is 3.54. The van der Waals surface area contributed by atoms with Crippen LogP contribution in [0.5, 0.6) is 0 Å². The highest BCUT2D eigenvalue weighted by Crippen LogP contribution is 2.31. The second kappa shape index (κ2) is 6.33. The summed E-state index contributed by atoms with van der Waals surface area (Å²) in [5.74, 6) is 0. The van der Waals surface area contributed by atoms with Crippen LogP contribution in [0.3, 0.4) is 0 Å². The molecule has 1 N–H and O–H groups in total. The Morgan fingerprint density at radius 1 is 1.15 bits per heavy atom. The van der Waals surface area contributed by atoms with Crippen LogP contribution in [0.1, 0.15) is 31.2 Å². The minimum absolute atomic E-state index is 0.0138. The fourth-order valence-corrected chi connectivity index (χ4v) is 3.77. The maximum atomic E-state index is 9.55. The smallest absolute Gasteiger partial charge is 0.0716 e. The zero-order chi connectivity index (χ0) is 13.9. The third-order valence-electron chi connectivity index (χ3n) is 4.66. The lowest BCUT2D eigenvalue weighted by Gasteiger charge is -2.32. The van der Waals surface area contributed by atoms with Crippen LogP contribution >= 0.6 is 11.6 Å². The molecule has 1 atom stereocenters. The SMILES string of the molecule is OCc1c(Cl)cccc1N1CCC(N2CCCCC2)C1. The Morgan fingerprint density at radius 2 is 1.95 bits per heavy atom. The van der Waals surface area contributed by atoms with E-state index >= 15 is 0 Å². The number of aliphatic hydroxyl groups excluding tert-OH is 1. The lowest BCUT2D eigenvalue weighted by atomic mass is 10.1. The lowest BCUT2D eigenvalue weighted by molar-refractivity contribution is 0.175. The number of aliphatic hydroxyl groups is 1. The molecule has 1 aromatic rings. The van der Waals surface area contributed by atoms with Crippen molar-refractivity contribution in [2.24, 2.45) is 0 Å². The summed E-state index contributed by atoms with van der Waals surface area (Å²) < 4.78 is 0. The fraction of sp³-hybridized carbons (Fsp3) is 0.625. The molecule has 0 aromatic heterocycles. The highest BCUT2D eigenvalue weighted by molar-refractivity contribution is 6.31. The molecule has 2 aliphatic heterocycles. The number of rotatable bonds is 3. The molecular weight excluding hydrogens is 272 g/mol.